The minimum Gasteiger partial charge on any atom is -0.338 e. The zero-order chi connectivity index (χ0) is 13.5. The zero-order valence-corrected chi connectivity index (χ0v) is 12.1. The number of piperidine rings is 1. The molecule has 7 heteroatoms. The van der Waals surface area contributed by atoms with Crippen molar-refractivity contribution in [3.8, 4) is 0 Å². The van der Waals surface area contributed by atoms with Crippen LogP contribution in [0.1, 0.15) is 26.2 Å². The number of nitrogens with one attached hydrogen (secondary N) is 2. The lowest BCUT2D eigenvalue weighted by molar-refractivity contribution is 0.182. The fourth-order valence-corrected chi connectivity index (χ4v) is 2.80. The van der Waals surface area contributed by atoms with Crippen LogP contribution in [0.3, 0.4) is 0 Å². The summed E-state index contributed by atoms with van der Waals surface area (Å²) in [6, 6.07) is -0.205. The highest BCUT2D eigenvalue weighted by atomic mass is 32.1. The highest BCUT2D eigenvalue weighted by Crippen LogP contribution is 2.15. The van der Waals surface area contributed by atoms with Gasteiger partial charge in [0, 0.05) is 13.1 Å². The average molecular weight is 283 g/mol. The third-order valence-corrected chi connectivity index (χ3v) is 3.86. The number of amides is 2. The minimum absolute atomic E-state index is 0.205. The van der Waals surface area contributed by atoms with E-state index in [0.29, 0.717) is 11.7 Å². The highest BCUT2D eigenvalue weighted by Gasteiger charge is 2.15. The van der Waals surface area contributed by atoms with Gasteiger partial charge in [0.05, 0.1) is 0 Å². The Morgan fingerprint density at radius 3 is 3.26 bits per heavy atom. The van der Waals surface area contributed by atoms with Crippen LogP contribution in [0.2, 0.25) is 0 Å². The fraction of sp³-hybridized carbons (Fsp3) is 0.750. The Balaban J connectivity index is 1.55. The van der Waals surface area contributed by atoms with Gasteiger partial charge in [0.2, 0.25) is 5.13 Å². The van der Waals surface area contributed by atoms with E-state index in [-0.39, 0.29) is 6.03 Å². The number of nitrogens with zero attached hydrogens (tertiary/aromatic N) is 3. The van der Waals surface area contributed by atoms with E-state index >= 15 is 0 Å². The summed E-state index contributed by atoms with van der Waals surface area (Å²) in [6.45, 7) is 6.44. The summed E-state index contributed by atoms with van der Waals surface area (Å²) in [6.07, 6.45) is 3.63. The molecule has 1 aromatic rings. The van der Waals surface area contributed by atoms with Crippen LogP contribution in [0, 0.1) is 5.92 Å². The number of aromatic nitrogens is 2. The molecule has 6 nitrogen and oxygen atoms in total. The molecule has 2 rings (SSSR count). The molecule has 0 spiro atoms. The monoisotopic (exact) mass is 283 g/mol. The number of likely N-dealkylation sites (tertiary alicyclic amines) is 1. The van der Waals surface area contributed by atoms with Gasteiger partial charge in [0.1, 0.15) is 5.51 Å². The summed E-state index contributed by atoms with van der Waals surface area (Å²) >= 11 is 1.31. The van der Waals surface area contributed by atoms with Crippen molar-refractivity contribution in [2.24, 2.45) is 5.92 Å². The molecule has 0 bridgehead atoms. The maximum Gasteiger partial charge on any atom is 0.321 e. The van der Waals surface area contributed by atoms with Crippen LogP contribution in [0.15, 0.2) is 5.51 Å². The predicted molar refractivity (Wildman–Crippen MR) is 76.4 cm³/mol. The molecule has 1 aliphatic heterocycles. The Morgan fingerprint density at radius 1 is 1.63 bits per heavy atom. The molecule has 1 aliphatic rings. The van der Waals surface area contributed by atoms with Crippen LogP contribution in [0.25, 0.3) is 0 Å². The molecule has 1 saturated heterocycles. The molecule has 1 atom stereocenters. The van der Waals surface area contributed by atoms with Crippen molar-refractivity contribution in [3.05, 3.63) is 5.51 Å². The second-order valence-corrected chi connectivity index (χ2v) is 5.86. The number of carbonyl (C=O) groups is 1. The second kappa shape index (κ2) is 7.40. The first-order chi connectivity index (χ1) is 9.24. The third-order valence-electron chi connectivity index (χ3n) is 3.26. The summed E-state index contributed by atoms with van der Waals surface area (Å²) in [4.78, 5) is 14.0. The molecule has 2 amide bonds. The maximum atomic E-state index is 11.5. The molecule has 1 fully saturated rings. The molecule has 1 aromatic heterocycles. The Hall–Kier alpha value is -1.21. The Bertz CT molecular complexity index is 383. The van der Waals surface area contributed by atoms with E-state index in [0.717, 1.165) is 18.9 Å². The van der Waals surface area contributed by atoms with Crippen LogP contribution in [0.4, 0.5) is 9.93 Å². The lowest BCUT2D eigenvalue weighted by Crippen LogP contribution is -2.37. The topological polar surface area (TPSA) is 70.2 Å². The van der Waals surface area contributed by atoms with Crippen molar-refractivity contribution in [2.45, 2.75) is 26.2 Å². The first-order valence-electron chi connectivity index (χ1n) is 6.77. The van der Waals surface area contributed by atoms with Crippen LogP contribution < -0.4 is 10.6 Å². The SMILES string of the molecule is C[C@H]1CCCN(CCCNC(=O)Nc2nncs2)C1. The van der Waals surface area contributed by atoms with Crippen molar-refractivity contribution < 1.29 is 4.79 Å². The fourth-order valence-electron chi connectivity index (χ4n) is 2.36. The van der Waals surface area contributed by atoms with Gasteiger partial charge in [-0.15, -0.1) is 10.2 Å². The molecular formula is C12H21N5OS. The number of hydrogen-bond donors (Lipinski definition) is 2. The van der Waals surface area contributed by atoms with Gasteiger partial charge in [-0.25, -0.2) is 4.79 Å². The molecule has 0 radical (unpaired) electrons. The molecule has 2 N–H and O–H groups in total. The minimum atomic E-state index is -0.205. The Morgan fingerprint density at radius 2 is 2.53 bits per heavy atom. The van der Waals surface area contributed by atoms with Gasteiger partial charge in [-0.1, -0.05) is 18.3 Å². The first-order valence-corrected chi connectivity index (χ1v) is 7.65. The van der Waals surface area contributed by atoms with Gasteiger partial charge in [-0.05, 0) is 38.3 Å². The smallest absolute Gasteiger partial charge is 0.321 e. The van der Waals surface area contributed by atoms with E-state index in [1.807, 2.05) is 0 Å². The molecule has 0 aromatic carbocycles. The van der Waals surface area contributed by atoms with E-state index in [2.05, 4.69) is 32.7 Å². The van der Waals surface area contributed by atoms with E-state index in [1.54, 1.807) is 5.51 Å². The molecule has 0 saturated carbocycles. The van der Waals surface area contributed by atoms with Gasteiger partial charge in [-0.3, -0.25) is 5.32 Å². The largest absolute Gasteiger partial charge is 0.338 e. The molecule has 19 heavy (non-hydrogen) atoms. The highest BCUT2D eigenvalue weighted by molar-refractivity contribution is 7.13. The first kappa shape index (κ1) is 14.2. The van der Waals surface area contributed by atoms with E-state index in [9.17, 15) is 4.79 Å². The summed E-state index contributed by atoms with van der Waals surface area (Å²) < 4.78 is 0. The zero-order valence-electron chi connectivity index (χ0n) is 11.3. The van der Waals surface area contributed by atoms with Crippen molar-refractivity contribution in [1.82, 2.24) is 20.4 Å². The Labute approximate surface area is 117 Å². The van der Waals surface area contributed by atoms with E-state index in [1.165, 1.54) is 37.3 Å². The second-order valence-electron chi connectivity index (χ2n) is 5.03. The lowest BCUT2D eigenvalue weighted by Gasteiger charge is -2.30. The van der Waals surface area contributed by atoms with Crippen molar-refractivity contribution in [2.75, 3.05) is 31.5 Å². The number of anilines is 1. The lowest BCUT2D eigenvalue weighted by atomic mass is 10.0. The van der Waals surface area contributed by atoms with Crippen LogP contribution >= 0.6 is 11.3 Å². The van der Waals surface area contributed by atoms with Gasteiger partial charge in [-0.2, -0.15) is 0 Å². The van der Waals surface area contributed by atoms with Gasteiger partial charge in [0.15, 0.2) is 0 Å². The van der Waals surface area contributed by atoms with Crippen LogP contribution in [-0.2, 0) is 0 Å². The Kier molecular flexibility index (Phi) is 5.53. The van der Waals surface area contributed by atoms with Crippen LogP contribution in [-0.4, -0.2) is 47.3 Å². The molecule has 0 unspecified atom stereocenters. The standard InChI is InChI=1S/C12H21N5OS/c1-10-4-2-6-17(8-10)7-3-5-13-11(18)15-12-16-14-9-19-12/h9-10H,2-8H2,1H3,(H2,13,15,16,18)/t10-/m0/s1. The molecule has 0 aliphatic carbocycles. The number of rotatable bonds is 5. The van der Waals surface area contributed by atoms with E-state index in [4.69, 9.17) is 0 Å². The normalized spacial score (nSPS) is 20.2. The molecule has 106 valence electrons. The van der Waals surface area contributed by atoms with Gasteiger partial charge < -0.3 is 10.2 Å². The van der Waals surface area contributed by atoms with E-state index < -0.39 is 0 Å². The summed E-state index contributed by atoms with van der Waals surface area (Å²) in [7, 11) is 0. The van der Waals surface area contributed by atoms with Gasteiger partial charge >= 0.3 is 6.03 Å². The summed E-state index contributed by atoms with van der Waals surface area (Å²) in [5.41, 5.74) is 1.59. The molecular weight excluding hydrogens is 262 g/mol. The maximum absolute atomic E-state index is 11.5. The predicted octanol–water partition coefficient (Wildman–Crippen LogP) is 1.78. The number of urea groups is 1. The van der Waals surface area contributed by atoms with Crippen LogP contribution in [0.5, 0.6) is 0 Å². The van der Waals surface area contributed by atoms with Crippen molar-refractivity contribution >= 4 is 22.5 Å². The van der Waals surface area contributed by atoms with Crippen molar-refractivity contribution in [1.29, 1.82) is 0 Å². The average Bonchev–Trinajstić information content (AvgIpc) is 2.87. The summed E-state index contributed by atoms with van der Waals surface area (Å²) in [5, 5.41) is 13.4. The van der Waals surface area contributed by atoms with Gasteiger partial charge in [0.25, 0.3) is 0 Å². The number of hydrogen-bond acceptors (Lipinski definition) is 5. The quantitative estimate of drug-likeness (QED) is 0.808. The number of carbonyl (C=O) groups excluding carboxylic acids is 1. The summed E-state index contributed by atoms with van der Waals surface area (Å²) in [5.74, 6) is 0.808. The third kappa shape index (κ3) is 5.12. The van der Waals surface area contributed by atoms with Crippen molar-refractivity contribution in [3.63, 3.8) is 0 Å². The molecule has 2 heterocycles.